The number of imide groups is 2. The summed E-state index contributed by atoms with van der Waals surface area (Å²) in [7, 11) is 0. The van der Waals surface area contributed by atoms with Crippen molar-refractivity contribution < 1.29 is 19.2 Å². The minimum absolute atomic E-state index is 0.329. The molecule has 0 fully saturated rings. The van der Waals surface area contributed by atoms with E-state index in [1.165, 1.54) is 34.1 Å². The van der Waals surface area contributed by atoms with Crippen LogP contribution in [0, 0.1) is 0 Å². The molecule has 0 radical (unpaired) electrons. The maximum absolute atomic E-state index is 10.0. The van der Waals surface area contributed by atoms with Gasteiger partial charge in [-0.2, -0.15) is 0 Å². The Morgan fingerprint density at radius 3 is 1.00 bits per heavy atom. The van der Waals surface area contributed by atoms with E-state index in [1.807, 2.05) is 22.8 Å². The summed E-state index contributed by atoms with van der Waals surface area (Å²) in [4.78, 5) is 42.7. The average molecular weight is 380 g/mol. The van der Waals surface area contributed by atoms with Crippen LogP contribution in [-0.2, 0) is 19.2 Å². The predicted molar refractivity (Wildman–Crippen MR) is 102 cm³/mol. The smallest absolute Gasteiger partial charge is 0.250 e. The second-order valence-corrected chi connectivity index (χ2v) is 6.25. The Bertz CT molecular complexity index is 772. The Morgan fingerprint density at radius 1 is 0.481 bits per heavy atom. The maximum atomic E-state index is 10.0. The molecule has 0 saturated heterocycles. The quantitative estimate of drug-likeness (QED) is 0.780. The third kappa shape index (κ3) is 7.98. The normalized spacial score (nSPS) is 13.9. The molecule has 2 N–H and O–H groups in total. The van der Waals surface area contributed by atoms with Gasteiger partial charge >= 0.3 is 0 Å². The first-order valence-electron chi connectivity index (χ1n) is 7.87. The number of benzene rings is 2. The number of hydrogen-bond acceptors (Lipinski definition) is 5. The van der Waals surface area contributed by atoms with E-state index >= 15 is 0 Å². The van der Waals surface area contributed by atoms with Gasteiger partial charge in [-0.1, -0.05) is 48.2 Å². The van der Waals surface area contributed by atoms with Crippen LogP contribution in [0.4, 0.5) is 0 Å². The van der Waals surface area contributed by atoms with Gasteiger partial charge in [-0.15, -0.1) is 0 Å². The topological polar surface area (TPSA) is 92.3 Å². The first-order valence-corrected chi connectivity index (χ1v) is 8.68. The number of carbonyl (C=O) groups is 4. The fraction of sp³-hybridized carbons (Fsp3) is 0. The number of hydrogen-bond donors (Lipinski definition) is 2. The summed E-state index contributed by atoms with van der Waals surface area (Å²) < 4.78 is 0. The van der Waals surface area contributed by atoms with Gasteiger partial charge in [0.05, 0.1) is 0 Å². The van der Waals surface area contributed by atoms with Crippen molar-refractivity contribution in [1.29, 1.82) is 0 Å². The molecule has 2 aliphatic rings. The van der Waals surface area contributed by atoms with Crippen LogP contribution >= 0.6 is 11.8 Å². The predicted octanol–water partition coefficient (Wildman–Crippen LogP) is 2.24. The molecular formula is C20H16N2O4S. The van der Waals surface area contributed by atoms with Gasteiger partial charge in [0.15, 0.2) is 0 Å². The Kier molecular flexibility index (Phi) is 7.74. The minimum Gasteiger partial charge on any atom is -0.289 e. The van der Waals surface area contributed by atoms with Gasteiger partial charge in [0.1, 0.15) is 0 Å². The molecular weight excluding hydrogens is 364 g/mol. The monoisotopic (exact) mass is 380 g/mol. The zero-order chi connectivity index (χ0) is 19.5. The lowest BCUT2D eigenvalue weighted by Gasteiger charge is -1.99. The zero-order valence-electron chi connectivity index (χ0n) is 14.1. The van der Waals surface area contributed by atoms with Gasteiger partial charge in [0, 0.05) is 34.1 Å². The summed E-state index contributed by atoms with van der Waals surface area (Å²) in [6, 6.07) is 20.8. The third-order valence-corrected chi connectivity index (χ3v) is 4.00. The molecule has 6 nitrogen and oxygen atoms in total. The van der Waals surface area contributed by atoms with E-state index < -0.39 is 0 Å². The van der Waals surface area contributed by atoms with Crippen LogP contribution in [0.3, 0.4) is 0 Å². The molecule has 7 heteroatoms. The van der Waals surface area contributed by atoms with E-state index in [2.05, 4.69) is 48.5 Å². The molecule has 0 spiro atoms. The minimum atomic E-state index is -0.329. The van der Waals surface area contributed by atoms with Crippen LogP contribution in [0.5, 0.6) is 0 Å². The summed E-state index contributed by atoms with van der Waals surface area (Å²) in [5.74, 6) is -1.31. The van der Waals surface area contributed by atoms with Gasteiger partial charge in [-0.25, -0.2) is 0 Å². The van der Waals surface area contributed by atoms with Crippen LogP contribution in [0.1, 0.15) is 0 Å². The van der Waals surface area contributed by atoms with Crippen molar-refractivity contribution in [3.8, 4) is 0 Å². The van der Waals surface area contributed by atoms with Crippen LogP contribution < -0.4 is 10.6 Å². The van der Waals surface area contributed by atoms with Crippen molar-refractivity contribution in [1.82, 2.24) is 10.6 Å². The average Bonchev–Trinajstić information content (AvgIpc) is 3.24. The molecule has 0 aromatic heterocycles. The SMILES string of the molecule is O=C1C=CC(=O)N1.O=C1C=CC(=O)N1.c1ccc(Sc2ccccc2)cc1. The molecule has 2 aromatic carbocycles. The summed E-state index contributed by atoms with van der Waals surface area (Å²) in [6.45, 7) is 0. The second-order valence-electron chi connectivity index (χ2n) is 5.10. The van der Waals surface area contributed by atoms with Crippen molar-refractivity contribution >= 4 is 35.4 Å². The van der Waals surface area contributed by atoms with Crippen molar-refractivity contribution in [2.75, 3.05) is 0 Å². The largest absolute Gasteiger partial charge is 0.289 e. The van der Waals surface area contributed by atoms with Gasteiger partial charge in [-0.3, -0.25) is 29.8 Å². The molecule has 27 heavy (non-hydrogen) atoms. The highest BCUT2D eigenvalue weighted by Crippen LogP contribution is 2.26. The second kappa shape index (κ2) is 10.5. The molecule has 4 amide bonds. The fourth-order valence-corrected chi connectivity index (χ4v) is 2.68. The van der Waals surface area contributed by atoms with Crippen LogP contribution in [0.15, 0.2) is 94.8 Å². The highest BCUT2D eigenvalue weighted by Gasteiger charge is 2.07. The lowest BCUT2D eigenvalue weighted by atomic mass is 10.4. The van der Waals surface area contributed by atoms with Crippen LogP contribution in [0.25, 0.3) is 0 Å². The molecule has 0 aliphatic carbocycles. The van der Waals surface area contributed by atoms with Gasteiger partial charge in [-0.05, 0) is 24.3 Å². The lowest BCUT2D eigenvalue weighted by molar-refractivity contribution is -0.125. The number of carbonyl (C=O) groups excluding carboxylic acids is 4. The highest BCUT2D eigenvalue weighted by atomic mass is 32.2. The highest BCUT2D eigenvalue weighted by molar-refractivity contribution is 7.99. The van der Waals surface area contributed by atoms with Gasteiger partial charge < -0.3 is 0 Å². The first-order chi connectivity index (χ1) is 13.0. The third-order valence-electron chi connectivity index (χ3n) is 2.99. The Labute approximate surface area is 160 Å². The maximum Gasteiger partial charge on any atom is 0.250 e. The molecule has 0 atom stereocenters. The lowest BCUT2D eigenvalue weighted by Crippen LogP contribution is -2.19. The Morgan fingerprint density at radius 2 is 0.778 bits per heavy atom. The summed E-state index contributed by atoms with van der Waals surface area (Å²) >= 11 is 1.79. The van der Waals surface area contributed by atoms with Crippen molar-refractivity contribution in [2.45, 2.75) is 9.79 Å². The molecule has 2 heterocycles. The molecule has 136 valence electrons. The van der Waals surface area contributed by atoms with E-state index in [1.54, 1.807) is 11.8 Å². The van der Waals surface area contributed by atoms with Gasteiger partial charge in [0.25, 0.3) is 23.6 Å². The number of nitrogens with one attached hydrogen (secondary N) is 2. The van der Waals surface area contributed by atoms with Crippen LogP contribution in [0.2, 0.25) is 0 Å². The van der Waals surface area contributed by atoms with Crippen molar-refractivity contribution in [2.24, 2.45) is 0 Å². The zero-order valence-corrected chi connectivity index (χ0v) is 14.9. The van der Waals surface area contributed by atoms with Gasteiger partial charge in [0.2, 0.25) is 0 Å². The molecule has 4 rings (SSSR count). The summed E-state index contributed by atoms with van der Waals surface area (Å²) in [6.07, 6.45) is 4.79. The summed E-state index contributed by atoms with van der Waals surface area (Å²) in [5.41, 5.74) is 0. The standard InChI is InChI=1S/C12H10S.2C4H3NO2/c1-3-7-11(8-4-1)13-12-9-5-2-6-10-12;2*6-3-1-2-4(7)5-3/h1-10H;2*1-2H,(H,5,6,7). The first kappa shape index (κ1) is 19.9. The number of rotatable bonds is 2. The van der Waals surface area contributed by atoms with Crippen molar-refractivity contribution in [3.63, 3.8) is 0 Å². The molecule has 0 saturated carbocycles. The van der Waals surface area contributed by atoms with E-state index in [4.69, 9.17) is 0 Å². The molecule has 0 unspecified atom stereocenters. The number of amides is 4. The molecule has 2 aliphatic heterocycles. The van der Waals surface area contributed by atoms with E-state index in [-0.39, 0.29) is 23.6 Å². The molecule has 2 aromatic rings. The fourth-order valence-electron chi connectivity index (χ4n) is 1.83. The Hall–Kier alpha value is -3.45. The van der Waals surface area contributed by atoms with Crippen molar-refractivity contribution in [3.05, 3.63) is 85.0 Å². The van der Waals surface area contributed by atoms with E-state index in [0.29, 0.717) is 0 Å². The molecule has 0 bridgehead atoms. The summed E-state index contributed by atoms with van der Waals surface area (Å²) in [5, 5.41) is 4.06. The van der Waals surface area contributed by atoms with Crippen LogP contribution in [-0.4, -0.2) is 23.6 Å². The van der Waals surface area contributed by atoms with E-state index in [9.17, 15) is 19.2 Å². The van der Waals surface area contributed by atoms with E-state index in [0.717, 1.165) is 0 Å². The Balaban J connectivity index is 0.000000159.